The summed E-state index contributed by atoms with van der Waals surface area (Å²) in [4.78, 5) is 2.20. The van der Waals surface area contributed by atoms with E-state index in [2.05, 4.69) is 52.9 Å². The molecule has 0 atom stereocenters. The van der Waals surface area contributed by atoms with Crippen LogP contribution in [0.2, 0.25) is 0 Å². The van der Waals surface area contributed by atoms with Crippen molar-refractivity contribution >= 4 is 45.7 Å². The van der Waals surface area contributed by atoms with Crippen LogP contribution in [0.3, 0.4) is 0 Å². The van der Waals surface area contributed by atoms with E-state index >= 15 is 0 Å². The number of nitrogen functional groups attached to an aromatic ring is 1. The van der Waals surface area contributed by atoms with Gasteiger partial charge in [-0.2, -0.15) is 11.8 Å². The van der Waals surface area contributed by atoms with Crippen molar-refractivity contribution in [3.8, 4) is 0 Å². The molecule has 0 saturated carbocycles. The summed E-state index contributed by atoms with van der Waals surface area (Å²) in [6, 6.07) is 6.17. The number of hydrogen-bond acceptors (Lipinski definition) is 3. The van der Waals surface area contributed by atoms with Gasteiger partial charge in [-0.25, -0.2) is 0 Å². The fraction of sp³-hybridized carbons (Fsp3) is 0.400. The lowest BCUT2D eigenvalue weighted by molar-refractivity contribution is 0.980. The van der Waals surface area contributed by atoms with Crippen LogP contribution in [-0.4, -0.2) is 25.6 Å². The van der Waals surface area contributed by atoms with Gasteiger partial charge in [0.1, 0.15) is 0 Å². The van der Waals surface area contributed by atoms with E-state index in [1.165, 1.54) is 3.57 Å². The fourth-order valence-electron chi connectivity index (χ4n) is 1.22. The lowest BCUT2D eigenvalue weighted by atomic mass is 10.2. The summed E-state index contributed by atoms with van der Waals surface area (Å²) in [7, 11) is 2.08. The molecule has 2 nitrogen and oxygen atoms in total. The summed E-state index contributed by atoms with van der Waals surface area (Å²) in [5, 5.41) is 0. The molecule has 0 amide bonds. The summed E-state index contributed by atoms with van der Waals surface area (Å²) in [6.07, 6.45) is 2.12. The summed E-state index contributed by atoms with van der Waals surface area (Å²) in [6.45, 7) is 1.03. The number of hydrogen-bond donors (Lipinski definition) is 1. The molecule has 1 rings (SSSR count). The predicted octanol–water partition coefficient (Wildman–Crippen LogP) is 2.67. The largest absolute Gasteiger partial charge is 0.397 e. The Labute approximate surface area is 103 Å². The van der Waals surface area contributed by atoms with E-state index in [4.69, 9.17) is 5.73 Å². The number of anilines is 2. The van der Waals surface area contributed by atoms with Gasteiger partial charge in [-0.05, 0) is 47.0 Å². The molecule has 1 aromatic carbocycles. The van der Waals surface area contributed by atoms with Gasteiger partial charge in [0.15, 0.2) is 0 Å². The Morgan fingerprint density at radius 1 is 1.50 bits per heavy atom. The SMILES string of the molecule is CSCCN(C)c1ccc(I)cc1N. The van der Waals surface area contributed by atoms with E-state index in [1.54, 1.807) is 0 Å². The van der Waals surface area contributed by atoms with Crippen LogP contribution in [0, 0.1) is 3.57 Å². The standard InChI is InChI=1S/C10H15IN2S/c1-13(5-6-14-2)10-4-3-8(11)7-9(10)12/h3-4,7H,5-6,12H2,1-2H3. The van der Waals surface area contributed by atoms with Gasteiger partial charge in [0.05, 0.1) is 11.4 Å². The summed E-state index contributed by atoms with van der Waals surface area (Å²) in [5.41, 5.74) is 7.93. The van der Waals surface area contributed by atoms with E-state index in [9.17, 15) is 0 Å². The van der Waals surface area contributed by atoms with Crippen molar-refractivity contribution in [2.45, 2.75) is 0 Å². The van der Waals surface area contributed by atoms with Crippen molar-refractivity contribution in [3.63, 3.8) is 0 Å². The first-order valence-electron chi connectivity index (χ1n) is 4.40. The van der Waals surface area contributed by atoms with Crippen LogP contribution in [-0.2, 0) is 0 Å². The topological polar surface area (TPSA) is 29.3 Å². The first kappa shape index (κ1) is 12.0. The molecule has 0 saturated heterocycles. The van der Waals surface area contributed by atoms with Gasteiger partial charge in [-0.1, -0.05) is 0 Å². The van der Waals surface area contributed by atoms with Crippen LogP contribution >= 0.6 is 34.4 Å². The highest BCUT2D eigenvalue weighted by atomic mass is 127. The van der Waals surface area contributed by atoms with E-state index in [1.807, 2.05) is 17.8 Å². The normalized spacial score (nSPS) is 10.2. The monoisotopic (exact) mass is 322 g/mol. The quantitative estimate of drug-likeness (QED) is 0.683. The van der Waals surface area contributed by atoms with Crippen molar-refractivity contribution < 1.29 is 0 Å². The van der Waals surface area contributed by atoms with E-state index in [-0.39, 0.29) is 0 Å². The highest BCUT2D eigenvalue weighted by Crippen LogP contribution is 2.24. The smallest absolute Gasteiger partial charge is 0.0598 e. The average molecular weight is 322 g/mol. The first-order valence-corrected chi connectivity index (χ1v) is 6.87. The van der Waals surface area contributed by atoms with Crippen LogP contribution < -0.4 is 10.6 Å². The van der Waals surface area contributed by atoms with E-state index < -0.39 is 0 Å². The van der Waals surface area contributed by atoms with Crippen molar-refractivity contribution in [1.29, 1.82) is 0 Å². The fourth-order valence-corrected chi connectivity index (χ4v) is 2.19. The van der Waals surface area contributed by atoms with Crippen molar-refractivity contribution in [2.24, 2.45) is 0 Å². The minimum atomic E-state index is 0.862. The molecule has 0 spiro atoms. The van der Waals surface area contributed by atoms with Crippen LogP contribution in [0.1, 0.15) is 0 Å². The molecule has 0 radical (unpaired) electrons. The number of benzene rings is 1. The van der Waals surface area contributed by atoms with Gasteiger partial charge in [0, 0.05) is 22.9 Å². The molecule has 0 unspecified atom stereocenters. The zero-order valence-electron chi connectivity index (χ0n) is 8.46. The highest BCUT2D eigenvalue weighted by molar-refractivity contribution is 14.1. The lowest BCUT2D eigenvalue weighted by Gasteiger charge is -2.20. The molecule has 4 heteroatoms. The second kappa shape index (κ2) is 5.70. The Morgan fingerprint density at radius 3 is 2.79 bits per heavy atom. The van der Waals surface area contributed by atoms with Crippen LogP contribution in [0.4, 0.5) is 11.4 Å². The van der Waals surface area contributed by atoms with Crippen LogP contribution in [0.15, 0.2) is 18.2 Å². The van der Waals surface area contributed by atoms with Gasteiger partial charge in [0.25, 0.3) is 0 Å². The molecule has 0 aliphatic rings. The van der Waals surface area contributed by atoms with Gasteiger partial charge in [-0.3, -0.25) is 0 Å². The van der Waals surface area contributed by atoms with Gasteiger partial charge < -0.3 is 10.6 Å². The van der Waals surface area contributed by atoms with Crippen molar-refractivity contribution in [1.82, 2.24) is 0 Å². The summed E-state index contributed by atoms with van der Waals surface area (Å²) >= 11 is 4.12. The minimum absolute atomic E-state index is 0.862. The Kier molecular flexibility index (Phi) is 4.88. The van der Waals surface area contributed by atoms with Gasteiger partial charge in [-0.15, -0.1) is 0 Å². The molecule has 2 N–H and O–H groups in total. The van der Waals surface area contributed by atoms with Crippen LogP contribution in [0.5, 0.6) is 0 Å². The Morgan fingerprint density at radius 2 is 2.21 bits per heavy atom. The molecule has 0 aromatic heterocycles. The van der Waals surface area contributed by atoms with Crippen LogP contribution in [0.25, 0.3) is 0 Å². The molecule has 0 aliphatic carbocycles. The van der Waals surface area contributed by atoms with Gasteiger partial charge >= 0.3 is 0 Å². The molecule has 14 heavy (non-hydrogen) atoms. The number of rotatable bonds is 4. The third-order valence-electron chi connectivity index (χ3n) is 2.03. The first-order chi connectivity index (χ1) is 6.65. The van der Waals surface area contributed by atoms with Gasteiger partial charge in [0.2, 0.25) is 0 Å². The zero-order valence-corrected chi connectivity index (χ0v) is 11.4. The molecule has 1 aromatic rings. The Bertz CT molecular complexity index is 304. The Balaban J connectivity index is 2.74. The summed E-state index contributed by atoms with van der Waals surface area (Å²) in [5.74, 6) is 1.13. The number of halogens is 1. The molecule has 0 aliphatic heterocycles. The molecule has 0 fully saturated rings. The number of thioether (sulfide) groups is 1. The lowest BCUT2D eigenvalue weighted by Crippen LogP contribution is -2.21. The van der Waals surface area contributed by atoms with E-state index in [0.717, 1.165) is 23.7 Å². The van der Waals surface area contributed by atoms with E-state index in [0.29, 0.717) is 0 Å². The Hall–Kier alpha value is -0.100. The molecular weight excluding hydrogens is 307 g/mol. The maximum Gasteiger partial charge on any atom is 0.0598 e. The number of nitrogens with zero attached hydrogens (tertiary/aromatic N) is 1. The molecule has 78 valence electrons. The van der Waals surface area contributed by atoms with Crippen molar-refractivity contribution in [2.75, 3.05) is 36.2 Å². The molecular formula is C10H15IN2S. The third kappa shape index (κ3) is 3.24. The average Bonchev–Trinajstić information content (AvgIpc) is 2.14. The maximum absolute atomic E-state index is 5.94. The minimum Gasteiger partial charge on any atom is -0.397 e. The molecule has 0 heterocycles. The predicted molar refractivity (Wildman–Crippen MR) is 75.2 cm³/mol. The third-order valence-corrected chi connectivity index (χ3v) is 3.29. The van der Waals surface area contributed by atoms with Crippen molar-refractivity contribution in [3.05, 3.63) is 21.8 Å². The zero-order chi connectivity index (χ0) is 10.6. The highest BCUT2D eigenvalue weighted by Gasteiger charge is 2.04. The maximum atomic E-state index is 5.94. The second-order valence-electron chi connectivity index (χ2n) is 3.12. The number of nitrogens with two attached hydrogens (primary N) is 1. The molecule has 0 bridgehead atoms. The summed E-state index contributed by atoms with van der Waals surface area (Å²) < 4.78 is 1.18. The second-order valence-corrected chi connectivity index (χ2v) is 5.35.